The lowest BCUT2D eigenvalue weighted by Gasteiger charge is -2.20. The molecule has 0 bridgehead atoms. The summed E-state index contributed by atoms with van der Waals surface area (Å²) in [7, 11) is 0. The smallest absolute Gasteiger partial charge is 0.161 e. The summed E-state index contributed by atoms with van der Waals surface area (Å²) < 4.78 is 11.0. The third-order valence-corrected chi connectivity index (χ3v) is 3.69. The Balaban J connectivity index is 1.83. The second kappa shape index (κ2) is 7.62. The molecular formula is C14H21NO3S. The van der Waals surface area contributed by atoms with Crippen molar-refractivity contribution in [2.24, 2.45) is 0 Å². The highest BCUT2D eigenvalue weighted by Gasteiger charge is 2.15. The maximum Gasteiger partial charge on any atom is 0.161 e. The molecule has 0 radical (unpaired) electrons. The van der Waals surface area contributed by atoms with E-state index >= 15 is 0 Å². The number of aliphatic hydroxyl groups excluding tert-OH is 1. The molecule has 0 fully saturated rings. The fraction of sp³-hybridized carbons (Fsp3) is 0.571. The molecule has 4 nitrogen and oxygen atoms in total. The van der Waals surface area contributed by atoms with Crippen LogP contribution in [0.4, 0.5) is 0 Å². The number of hydrogen-bond donors (Lipinski definition) is 2. The first-order valence-corrected chi connectivity index (χ1v) is 7.98. The van der Waals surface area contributed by atoms with E-state index in [1.54, 1.807) is 0 Å². The monoisotopic (exact) mass is 283 g/mol. The van der Waals surface area contributed by atoms with Crippen LogP contribution in [0.5, 0.6) is 11.5 Å². The first-order valence-electron chi connectivity index (χ1n) is 6.58. The van der Waals surface area contributed by atoms with E-state index in [2.05, 4.69) is 11.6 Å². The van der Waals surface area contributed by atoms with Gasteiger partial charge in [-0.1, -0.05) is 6.07 Å². The highest BCUT2D eigenvalue weighted by Crippen LogP contribution is 2.32. The summed E-state index contributed by atoms with van der Waals surface area (Å²) in [5.74, 6) is 2.63. The van der Waals surface area contributed by atoms with Crippen LogP contribution in [0.2, 0.25) is 0 Å². The van der Waals surface area contributed by atoms with Crippen molar-refractivity contribution in [1.82, 2.24) is 5.32 Å². The largest absolute Gasteiger partial charge is 0.486 e. The van der Waals surface area contributed by atoms with E-state index in [1.165, 1.54) is 0 Å². The van der Waals surface area contributed by atoms with E-state index < -0.39 is 6.10 Å². The number of nitrogens with one attached hydrogen (secondary N) is 1. The van der Waals surface area contributed by atoms with Crippen molar-refractivity contribution < 1.29 is 14.6 Å². The summed E-state index contributed by atoms with van der Waals surface area (Å²) in [5.41, 5.74) is 0.863. The average molecular weight is 283 g/mol. The van der Waals surface area contributed by atoms with Crippen LogP contribution in [-0.4, -0.2) is 43.4 Å². The molecule has 1 aromatic rings. The van der Waals surface area contributed by atoms with Crippen LogP contribution >= 0.6 is 11.8 Å². The Labute approximate surface area is 118 Å². The quantitative estimate of drug-likeness (QED) is 0.748. The highest BCUT2D eigenvalue weighted by molar-refractivity contribution is 7.98. The average Bonchev–Trinajstić information content (AvgIpc) is 2.46. The molecule has 2 N–H and O–H groups in total. The van der Waals surface area contributed by atoms with Gasteiger partial charge < -0.3 is 19.9 Å². The number of hydrogen-bond acceptors (Lipinski definition) is 5. The Morgan fingerprint density at radius 2 is 2.11 bits per heavy atom. The SMILES string of the molecule is CSCCCNCC(O)c1ccc2c(c1)OCCO2. The number of ether oxygens (including phenoxy) is 2. The van der Waals surface area contributed by atoms with Crippen LogP contribution < -0.4 is 14.8 Å². The summed E-state index contributed by atoms with van der Waals surface area (Å²) in [5, 5.41) is 13.4. The molecule has 1 aliphatic rings. The Morgan fingerprint density at radius 3 is 2.89 bits per heavy atom. The van der Waals surface area contributed by atoms with Crippen molar-refractivity contribution in [2.45, 2.75) is 12.5 Å². The molecule has 5 heteroatoms. The van der Waals surface area contributed by atoms with Gasteiger partial charge in [0.1, 0.15) is 13.2 Å². The van der Waals surface area contributed by atoms with Crippen molar-refractivity contribution in [1.29, 1.82) is 0 Å². The number of aliphatic hydroxyl groups is 1. The third kappa shape index (κ3) is 4.30. The van der Waals surface area contributed by atoms with Crippen molar-refractivity contribution in [2.75, 3.05) is 38.3 Å². The Hall–Kier alpha value is -0.910. The van der Waals surface area contributed by atoms with Crippen molar-refractivity contribution >= 4 is 11.8 Å². The molecule has 0 spiro atoms. The first kappa shape index (κ1) is 14.5. The second-order valence-corrected chi connectivity index (χ2v) is 5.45. The van der Waals surface area contributed by atoms with Gasteiger partial charge in [-0.2, -0.15) is 11.8 Å². The van der Waals surface area contributed by atoms with E-state index in [0.29, 0.717) is 19.8 Å². The van der Waals surface area contributed by atoms with Crippen LogP contribution in [0.1, 0.15) is 18.1 Å². The zero-order chi connectivity index (χ0) is 13.5. The van der Waals surface area contributed by atoms with Gasteiger partial charge in [0.25, 0.3) is 0 Å². The number of fused-ring (bicyclic) bond motifs is 1. The third-order valence-electron chi connectivity index (χ3n) is 2.99. The molecule has 0 saturated heterocycles. The molecule has 0 aromatic heterocycles. The fourth-order valence-electron chi connectivity index (χ4n) is 1.97. The molecule has 1 aromatic carbocycles. The lowest BCUT2D eigenvalue weighted by Crippen LogP contribution is -2.23. The molecule has 19 heavy (non-hydrogen) atoms. The summed E-state index contributed by atoms with van der Waals surface area (Å²) >= 11 is 1.84. The van der Waals surface area contributed by atoms with Gasteiger partial charge >= 0.3 is 0 Å². The topological polar surface area (TPSA) is 50.7 Å². The Bertz CT molecular complexity index is 400. The van der Waals surface area contributed by atoms with E-state index in [0.717, 1.165) is 35.8 Å². The van der Waals surface area contributed by atoms with Gasteiger partial charge in [0.2, 0.25) is 0 Å². The van der Waals surface area contributed by atoms with Crippen molar-refractivity contribution in [3.8, 4) is 11.5 Å². The predicted molar refractivity (Wildman–Crippen MR) is 78.3 cm³/mol. The zero-order valence-corrected chi connectivity index (χ0v) is 12.0. The minimum atomic E-state index is -0.509. The minimum absolute atomic E-state index is 0.509. The Kier molecular flexibility index (Phi) is 5.82. The Morgan fingerprint density at radius 1 is 1.32 bits per heavy atom. The van der Waals surface area contributed by atoms with E-state index in [4.69, 9.17) is 9.47 Å². The van der Waals surface area contributed by atoms with Gasteiger partial charge in [-0.25, -0.2) is 0 Å². The zero-order valence-electron chi connectivity index (χ0n) is 11.2. The molecule has 0 amide bonds. The van der Waals surface area contributed by atoms with E-state index in [9.17, 15) is 5.11 Å². The lowest BCUT2D eigenvalue weighted by molar-refractivity contribution is 0.163. The summed E-state index contributed by atoms with van der Waals surface area (Å²) in [6, 6.07) is 5.62. The normalized spacial score (nSPS) is 15.3. The van der Waals surface area contributed by atoms with Crippen LogP contribution in [0.15, 0.2) is 18.2 Å². The summed E-state index contributed by atoms with van der Waals surface area (Å²) in [6.45, 7) is 2.65. The molecule has 1 aliphatic heterocycles. The molecular weight excluding hydrogens is 262 g/mol. The van der Waals surface area contributed by atoms with Gasteiger partial charge in [-0.15, -0.1) is 0 Å². The highest BCUT2D eigenvalue weighted by atomic mass is 32.2. The number of rotatable bonds is 7. The molecule has 2 rings (SSSR count). The van der Waals surface area contributed by atoms with Gasteiger partial charge in [-0.05, 0) is 42.7 Å². The second-order valence-electron chi connectivity index (χ2n) is 4.47. The van der Waals surface area contributed by atoms with Crippen LogP contribution in [0.25, 0.3) is 0 Å². The van der Waals surface area contributed by atoms with Crippen molar-refractivity contribution in [3.05, 3.63) is 23.8 Å². The van der Waals surface area contributed by atoms with Crippen LogP contribution in [0, 0.1) is 0 Å². The minimum Gasteiger partial charge on any atom is -0.486 e. The fourth-order valence-corrected chi connectivity index (χ4v) is 2.40. The molecule has 1 heterocycles. The maximum atomic E-state index is 10.1. The standard InChI is InChI=1S/C14H21NO3S/c1-19-8-2-5-15-10-12(16)11-3-4-13-14(9-11)18-7-6-17-13/h3-4,9,12,15-16H,2,5-8,10H2,1H3. The van der Waals surface area contributed by atoms with E-state index in [1.807, 2.05) is 30.0 Å². The summed E-state index contributed by atoms with van der Waals surface area (Å²) in [6.07, 6.45) is 2.71. The number of benzene rings is 1. The molecule has 1 atom stereocenters. The van der Waals surface area contributed by atoms with Gasteiger partial charge in [0.05, 0.1) is 6.10 Å². The van der Waals surface area contributed by atoms with Crippen LogP contribution in [-0.2, 0) is 0 Å². The van der Waals surface area contributed by atoms with E-state index in [-0.39, 0.29) is 0 Å². The number of thioether (sulfide) groups is 1. The van der Waals surface area contributed by atoms with Crippen LogP contribution in [0.3, 0.4) is 0 Å². The predicted octanol–water partition coefficient (Wildman–Crippen LogP) is 1.83. The van der Waals surface area contributed by atoms with Gasteiger partial charge in [-0.3, -0.25) is 0 Å². The first-order chi connectivity index (χ1) is 9.31. The lowest BCUT2D eigenvalue weighted by atomic mass is 10.1. The van der Waals surface area contributed by atoms with Gasteiger partial charge in [0.15, 0.2) is 11.5 Å². The molecule has 106 valence electrons. The van der Waals surface area contributed by atoms with Crippen molar-refractivity contribution in [3.63, 3.8) is 0 Å². The maximum absolute atomic E-state index is 10.1. The molecule has 0 aliphatic carbocycles. The van der Waals surface area contributed by atoms with Gasteiger partial charge in [0, 0.05) is 6.54 Å². The molecule has 1 unspecified atom stereocenters. The molecule has 0 saturated carbocycles. The summed E-state index contributed by atoms with van der Waals surface area (Å²) in [4.78, 5) is 0.